The number of hydrogen-bond acceptors (Lipinski definition) is 3. The number of anilines is 1. The third-order valence-electron chi connectivity index (χ3n) is 4.51. The van der Waals surface area contributed by atoms with Crippen LogP contribution < -0.4 is 4.90 Å². The number of amides is 2. The molecule has 28 heavy (non-hydrogen) atoms. The van der Waals surface area contributed by atoms with Gasteiger partial charge in [0.1, 0.15) is 11.6 Å². The van der Waals surface area contributed by atoms with Crippen LogP contribution in [-0.4, -0.2) is 46.3 Å². The van der Waals surface area contributed by atoms with E-state index < -0.39 is 29.7 Å². The Kier molecular flexibility index (Phi) is 5.81. The molecule has 1 aliphatic rings. The predicted octanol–water partition coefficient (Wildman–Crippen LogP) is 3.51. The molecule has 3 rings (SSSR count). The lowest BCUT2D eigenvalue weighted by atomic mass is 10.1. The van der Waals surface area contributed by atoms with Crippen LogP contribution in [0.4, 0.5) is 19.3 Å². The summed E-state index contributed by atoms with van der Waals surface area (Å²) < 4.78 is 27.9. The summed E-state index contributed by atoms with van der Waals surface area (Å²) in [4.78, 5) is 26.6. The molecule has 9 heteroatoms. The first-order valence-electron chi connectivity index (χ1n) is 8.47. The highest BCUT2D eigenvalue weighted by molar-refractivity contribution is 6.31. The first kappa shape index (κ1) is 20.0. The Labute approximate surface area is 164 Å². The van der Waals surface area contributed by atoms with Gasteiger partial charge in [0.2, 0.25) is 0 Å². The lowest BCUT2D eigenvalue weighted by Gasteiger charge is -2.28. The van der Waals surface area contributed by atoms with Crippen LogP contribution in [0.15, 0.2) is 36.4 Å². The molecule has 0 bridgehead atoms. The van der Waals surface area contributed by atoms with Gasteiger partial charge in [-0.15, -0.1) is 0 Å². The van der Waals surface area contributed by atoms with Gasteiger partial charge in [-0.3, -0.25) is 4.90 Å². The quantitative estimate of drug-likeness (QED) is 0.808. The maximum atomic E-state index is 14.4. The average Bonchev–Trinajstić information content (AvgIpc) is 3.09. The molecule has 0 saturated carbocycles. The minimum Gasteiger partial charge on any atom is -0.478 e. The van der Waals surface area contributed by atoms with Gasteiger partial charge in [0.25, 0.3) is 0 Å². The fourth-order valence-electron chi connectivity index (χ4n) is 2.99. The van der Waals surface area contributed by atoms with Crippen LogP contribution in [0, 0.1) is 11.6 Å². The van der Waals surface area contributed by atoms with Gasteiger partial charge in [-0.2, -0.15) is 0 Å². The number of β-amino-alcohol motifs (C(OH)–C–C–N with tert-alkyl or cyclic N) is 1. The topological polar surface area (TPSA) is 81.1 Å². The highest BCUT2D eigenvalue weighted by atomic mass is 35.5. The summed E-state index contributed by atoms with van der Waals surface area (Å²) in [6.07, 6.45) is -0.222. The SMILES string of the molecule is O=C(O)c1ccc(CN(C(=O)N2CC[C@H](O)C2)c2ccc(F)c(Cl)c2)c(F)c1. The molecule has 1 atom stereocenters. The molecular formula is C19H17ClF2N2O4. The third kappa shape index (κ3) is 4.23. The molecule has 2 aromatic carbocycles. The van der Waals surface area contributed by atoms with Crippen LogP contribution in [0.3, 0.4) is 0 Å². The summed E-state index contributed by atoms with van der Waals surface area (Å²) in [5.41, 5.74) is 0.115. The molecule has 1 aliphatic heterocycles. The Hall–Kier alpha value is -2.71. The number of nitrogens with zero attached hydrogens (tertiary/aromatic N) is 2. The number of aliphatic hydroxyl groups is 1. The zero-order valence-corrected chi connectivity index (χ0v) is 15.4. The lowest BCUT2D eigenvalue weighted by Crippen LogP contribution is -2.42. The zero-order chi connectivity index (χ0) is 20.4. The van der Waals surface area contributed by atoms with Crippen molar-refractivity contribution in [1.82, 2.24) is 4.90 Å². The van der Waals surface area contributed by atoms with E-state index in [1.165, 1.54) is 34.1 Å². The number of carbonyl (C=O) groups is 2. The summed E-state index contributed by atoms with van der Waals surface area (Å²) in [6.45, 7) is 0.232. The van der Waals surface area contributed by atoms with E-state index in [4.69, 9.17) is 16.7 Å². The minimum atomic E-state index is -1.27. The van der Waals surface area contributed by atoms with Gasteiger partial charge in [-0.25, -0.2) is 18.4 Å². The highest BCUT2D eigenvalue weighted by Gasteiger charge is 2.30. The van der Waals surface area contributed by atoms with Crippen molar-refractivity contribution in [3.8, 4) is 0 Å². The molecule has 1 heterocycles. The maximum Gasteiger partial charge on any atom is 0.335 e. The molecule has 2 aromatic rings. The second kappa shape index (κ2) is 8.12. The highest BCUT2D eigenvalue weighted by Crippen LogP contribution is 2.27. The molecule has 1 fully saturated rings. The molecule has 148 valence electrons. The van der Waals surface area contributed by atoms with Crippen molar-refractivity contribution in [1.29, 1.82) is 0 Å². The molecule has 6 nitrogen and oxygen atoms in total. The van der Waals surface area contributed by atoms with Gasteiger partial charge >= 0.3 is 12.0 Å². The van der Waals surface area contributed by atoms with Crippen LogP contribution >= 0.6 is 11.6 Å². The number of rotatable bonds is 4. The second-order valence-corrected chi connectivity index (χ2v) is 6.87. The first-order chi connectivity index (χ1) is 13.3. The molecule has 0 aromatic heterocycles. The fraction of sp³-hybridized carbons (Fsp3) is 0.263. The summed E-state index contributed by atoms with van der Waals surface area (Å²) in [6, 6.07) is 6.59. The molecule has 0 unspecified atom stereocenters. The third-order valence-corrected chi connectivity index (χ3v) is 4.80. The van der Waals surface area contributed by atoms with Crippen LogP contribution in [0.1, 0.15) is 22.3 Å². The Morgan fingerprint density at radius 2 is 1.93 bits per heavy atom. The number of halogens is 3. The monoisotopic (exact) mass is 410 g/mol. The molecular weight excluding hydrogens is 394 g/mol. The average molecular weight is 411 g/mol. The normalized spacial score (nSPS) is 16.3. The Morgan fingerprint density at radius 3 is 2.50 bits per heavy atom. The maximum absolute atomic E-state index is 14.4. The number of carboxylic acids is 1. The van der Waals surface area contributed by atoms with Gasteiger partial charge in [0.05, 0.1) is 23.2 Å². The summed E-state index contributed by atoms with van der Waals surface area (Å²) in [5.74, 6) is -2.71. The Bertz CT molecular complexity index is 925. The standard InChI is InChI=1S/C19H17ClF2N2O4/c20-15-8-13(3-4-16(15)21)24(19(28)23-6-5-14(25)10-23)9-12-2-1-11(18(26)27)7-17(12)22/h1-4,7-8,14,25H,5-6,9-10H2,(H,26,27)/t14-/m0/s1. The van der Waals surface area contributed by atoms with Crippen LogP contribution in [-0.2, 0) is 6.54 Å². The van der Waals surface area contributed by atoms with Crippen molar-refractivity contribution in [2.75, 3.05) is 18.0 Å². The molecule has 0 aliphatic carbocycles. The van der Waals surface area contributed by atoms with E-state index >= 15 is 0 Å². The number of urea groups is 1. The Morgan fingerprint density at radius 1 is 1.18 bits per heavy atom. The van der Waals surface area contributed by atoms with Crippen molar-refractivity contribution < 1.29 is 28.6 Å². The smallest absolute Gasteiger partial charge is 0.335 e. The number of hydrogen-bond donors (Lipinski definition) is 2. The van der Waals surface area contributed by atoms with E-state index in [1.54, 1.807) is 0 Å². The van der Waals surface area contributed by atoms with Gasteiger partial charge in [0, 0.05) is 24.3 Å². The molecule has 2 N–H and O–H groups in total. The van der Waals surface area contributed by atoms with Gasteiger partial charge in [0.15, 0.2) is 0 Å². The van der Waals surface area contributed by atoms with Crippen molar-refractivity contribution in [2.24, 2.45) is 0 Å². The van der Waals surface area contributed by atoms with Crippen LogP contribution in [0.25, 0.3) is 0 Å². The van der Waals surface area contributed by atoms with E-state index in [9.17, 15) is 23.5 Å². The Balaban J connectivity index is 1.95. The molecule has 1 saturated heterocycles. The van der Waals surface area contributed by atoms with Crippen molar-refractivity contribution in [3.63, 3.8) is 0 Å². The minimum absolute atomic E-state index is 0.0820. The van der Waals surface area contributed by atoms with Crippen molar-refractivity contribution in [2.45, 2.75) is 19.1 Å². The number of likely N-dealkylation sites (tertiary alicyclic amines) is 1. The second-order valence-electron chi connectivity index (χ2n) is 6.47. The fourth-order valence-corrected chi connectivity index (χ4v) is 3.16. The summed E-state index contributed by atoms with van der Waals surface area (Å²) >= 11 is 5.83. The predicted molar refractivity (Wildman–Crippen MR) is 98.5 cm³/mol. The van der Waals surface area contributed by atoms with Gasteiger partial charge < -0.3 is 15.1 Å². The molecule has 0 spiro atoms. The van der Waals surface area contributed by atoms with E-state index in [0.717, 1.165) is 12.1 Å². The van der Waals surface area contributed by atoms with Gasteiger partial charge in [-0.1, -0.05) is 17.7 Å². The summed E-state index contributed by atoms with van der Waals surface area (Å²) in [7, 11) is 0. The number of carboxylic acid groups (broad SMARTS) is 1. The van der Waals surface area contributed by atoms with E-state index in [0.29, 0.717) is 13.0 Å². The van der Waals surface area contributed by atoms with E-state index in [2.05, 4.69) is 0 Å². The van der Waals surface area contributed by atoms with Crippen LogP contribution in [0.5, 0.6) is 0 Å². The van der Waals surface area contributed by atoms with Gasteiger partial charge in [-0.05, 0) is 36.8 Å². The van der Waals surface area contributed by atoms with Crippen molar-refractivity contribution >= 4 is 29.3 Å². The van der Waals surface area contributed by atoms with E-state index in [-0.39, 0.29) is 34.9 Å². The first-order valence-corrected chi connectivity index (χ1v) is 8.85. The molecule has 0 radical (unpaired) electrons. The number of aromatic carboxylic acids is 1. The summed E-state index contributed by atoms with van der Waals surface area (Å²) in [5, 5.41) is 18.5. The van der Waals surface area contributed by atoms with Crippen LogP contribution in [0.2, 0.25) is 5.02 Å². The number of carbonyl (C=O) groups excluding carboxylic acids is 1. The van der Waals surface area contributed by atoms with E-state index in [1.807, 2.05) is 0 Å². The number of benzene rings is 2. The van der Waals surface area contributed by atoms with Crippen molar-refractivity contribution in [3.05, 3.63) is 64.2 Å². The zero-order valence-electron chi connectivity index (χ0n) is 14.6. The largest absolute Gasteiger partial charge is 0.478 e. The molecule has 2 amide bonds. The lowest BCUT2D eigenvalue weighted by molar-refractivity contribution is 0.0696. The number of aliphatic hydroxyl groups excluding tert-OH is 1.